The predicted octanol–water partition coefficient (Wildman–Crippen LogP) is 1.09. The van der Waals surface area contributed by atoms with Crippen LogP contribution < -0.4 is 11.5 Å². The zero-order valence-electron chi connectivity index (χ0n) is 12.4. The molecule has 1 aromatic carbocycles. The summed E-state index contributed by atoms with van der Waals surface area (Å²) >= 11 is 0. The first kappa shape index (κ1) is 19.1. The number of benzene rings is 1. The SMILES string of the molecule is CCC(C)[C@H](N)C(=O)O.N[C@@H](Cc1ccccc1)C(=O)O. The third-order valence-electron chi connectivity index (χ3n) is 3.16. The summed E-state index contributed by atoms with van der Waals surface area (Å²) in [5, 5.41) is 16.9. The van der Waals surface area contributed by atoms with Crippen molar-refractivity contribution in [3.8, 4) is 0 Å². The van der Waals surface area contributed by atoms with Gasteiger partial charge in [0.05, 0.1) is 0 Å². The van der Waals surface area contributed by atoms with E-state index in [1.165, 1.54) is 0 Å². The largest absolute Gasteiger partial charge is 0.480 e. The number of aliphatic carboxylic acids is 2. The lowest BCUT2D eigenvalue weighted by atomic mass is 10.0. The molecule has 0 aliphatic carbocycles. The Hall–Kier alpha value is -1.92. The molecular formula is C15H24N2O4. The third-order valence-corrected chi connectivity index (χ3v) is 3.16. The Morgan fingerprint density at radius 3 is 1.95 bits per heavy atom. The molecule has 0 aliphatic rings. The van der Waals surface area contributed by atoms with Crippen molar-refractivity contribution in [2.24, 2.45) is 17.4 Å². The van der Waals surface area contributed by atoms with Gasteiger partial charge in [0.15, 0.2) is 0 Å². The first-order chi connectivity index (χ1) is 9.79. The van der Waals surface area contributed by atoms with Crippen LogP contribution in [0.15, 0.2) is 30.3 Å². The van der Waals surface area contributed by atoms with Crippen molar-refractivity contribution in [1.29, 1.82) is 0 Å². The normalized spacial score (nSPS) is 14.3. The number of carbonyl (C=O) groups is 2. The molecule has 0 saturated heterocycles. The lowest BCUT2D eigenvalue weighted by molar-refractivity contribution is -0.140. The number of nitrogens with two attached hydrogens (primary N) is 2. The Kier molecular flexibility index (Phi) is 9.00. The Balaban J connectivity index is 0.000000400. The molecule has 6 heteroatoms. The van der Waals surface area contributed by atoms with Crippen LogP contribution in [0, 0.1) is 5.92 Å². The van der Waals surface area contributed by atoms with Crippen molar-refractivity contribution in [3.63, 3.8) is 0 Å². The minimum atomic E-state index is -0.959. The molecule has 118 valence electrons. The average molecular weight is 296 g/mol. The van der Waals surface area contributed by atoms with Crippen LogP contribution in [0.5, 0.6) is 0 Å². The maximum atomic E-state index is 10.4. The van der Waals surface area contributed by atoms with Crippen LogP contribution in [0.25, 0.3) is 0 Å². The van der Waals surface area contributed by atoms with Crippen LogP contribution >= 0.6 is 0 Å². The minimum Gasteiger partial charge on any atom is -0.480 e. The molecular weight excluding hydrogens is 272 g/mol. The summed E-state index contributed by atoms with van der Waals surface area (Å²) in [5.74, 6) is -1.80. The van der Waals surface area contributed by atoms with Crippen molar-refractivity contribution in [3.05, 3.63) is 35.9 Å². The molecule has 21 heavy (non-hydrogen) atoms. The maximum absolute atomic E-state index is 10.4. The molecule has 0 aromatic heterocycles. The van der Waals surface area contributed by atoms with Crippen LogP contribution in [-0.4, -0.2) is 34.2 Å². The Bertz CT molecular complexity index is 437. The second-order valence-corrected chi connectivity index (χ2v) is 4.88. The molecule has 0 amide bonds. The first-order valence-electron chi connectivity index (χ1n) is 6.80. The van der Waals surface area contributed by atoms with Gasteiger partial charge in [-0.2, -0.15) is 0 Å². The molecule has 0 heterocycles. The Morgan fingerprint density at radius 1 is 1.10 bits per heavy atom. The van der Waals surface area contributed by atoms with Crippen molar-refractivity contribution < 1.29 is 19.8 Å². The molecule has 1 unspecified atom stereocenters. The number of carboxylic acids is 2. The van der Waals surface area contributed by atoms with Crippen molar-refractivity contribution >= 4 is 11.9 Å². The van der Waals surface area contributed by atoms with E-state index >= 15 is 0 Å². The molecule has 6 N–H and O–H groups in total. The zero-order valence-corrected chi connectivity index (χ0v) is 12.4. The van der Waals surface area contributed by atoms with Crippen molar-refractivity contribution in [2.45, 2.75) is 38.8 Å². The smallest absolute Gasteiger partial charge is 0.320 e. The quantitative estimate of drug-likeness (QED) is 0.622. The van der Waals surface area contributed by atoms with Gasteiger partial charge in [0.2, 0.25) is 0 Å². The highest BCUT2D eigenvalue weighted by Gasteiger charge is 2.17. The summed E-state index contributed by atoms with van der Waals surface area (Å²) < 4.78 is 0. The van der Waals surface area contributed by atoms with Gasteiger partial charge < -0.3 is 21.7 Å². The van der Waals surface area contributed by atoms with E-state index in [0.29, 0.717) is 6.42 Å². The van der Waals surface area contributed by atoms with Gasteiger partial charge in [-0.25, -0.2) is 0 Å². The Labute approximate surface area is 124 Å². The highest BCUT2D eigenvalue weighted by atomic mass is 16.4. The van der Waals surface area contributed by atoms with E-state index in [4.69, 9.17) is 21.7 Å². The van der Waals surface area contributed by atoms with Gasteiger partial charge in [0.1, 0.15) is 12.1 Å². The molecule has 0 bridgehead atoms. The van der Waals surface area contributed by atoms with Crippen LogP contribution in [0.3, 0.4) is 0 Å². The minimum absolute atomic E-state index is 0.0718. The molecule has 0 fully saturated rings. The average Bonchev–Trinajstić information content (AvgIpc) is 2.47. The highest BCUT2D eigenvalue weighted by Crippen LogP contribution is 2.04. The number of rotatable bonds is 6. The molecule has 1 rings (SSSR count). The van der Waals surface area contributed by atoms with E-state index in [0.717, 1.165) is 12.0 Å². The van der Waals surface area contributed by atoms with E-state index in [1.807, 2.05) is 44.2 Å². The number of carboxylic acid groups (broad SMARTS) is 2. The van der Waals surface area contributed by atoms with E-state index in [2.05, 4.69) is 0 Å². The van der Waals surface area contributed by atoms with Gasteiger partial charge in [-0.15, -0.1) is 0 Å². The van der Waals surface area contributed by atoms with E-state index in [-0.39, 0.29) is 5.92 Å². The lowest BCUT2D eigenvalue weighted by Gasteiger charge is -2.11. The monoisotopic (exact) mass is 296 g/mol. The molecule has 3 atom stereocenters. The van der Waals surface area contributed by atoms with E-state index < -0.39 is 24.0 Å². The first-order valence-corrected chi connectivity index (χ1v) is 6.80. The summed E-state index contributed by atoms with van der Waals surface area (Å²) in [5.41, 5.74) is 11.6. The van der Waals surface area contributed by atoms with Gasteiger partial charge in [-0.3, -0.25) is 9.59 Å². The molecule has 0 radical (unpaired) electrons. The molecule has 0 saturated carbocycles. The van der Waals surface area contributed by atoms with E-state index in [1.54, 1.807) is 0 Å². The predicted molar refractivity (Wildman–Crippen MR) is 80.8 cm³/mol. The number of hydrogen-bond acceptors (Lipinski definition) is 4. The second-order valence-electron chi connectivity index (χ2n) is 4.88. The van der Waals surface area contributed by atoms with Crippen LogP contribution in [-0.2, 0) is 16.0 Å². The van der Waals surface area contributed by atoms with Crippen molar-refractivity contribution in [2.75, 3.05) is 0 Å². The van der Waals surface area contributed by atoms with Crippen LogP contribution in [0.2, 0.25) is 0 Å². The summed E-state index contributed by atoms with van der Waals surface area (Å²) in [7, 11) is 0. The summed E-state index contributed by atoms with van der Waals surface area (Å²) in [4.78, 5) is 20.6. The van der Waals surface area contributed by atoms with Gasteiger partial charge >= 0.3 is 11.9 Å². The zero-order chi connectivity index (χ0) is 16.4. The molecule has 1 aromatic rings. The topological polar surface area (TPSA) is 127 Å². The fourth-order valence-electron chi connectivity index (χ4n) is 1.45. The fraction of sp³-hybridized carbons (Fsp3) is 0.467. The van der Waals surface area contributed by atoms with Crippen molar-refractivity contribution in [1.82, 2.24) is 0 Å². The highest BCUT2D eigenvalue weighted by molar-refractivity contribution is 5.73. The van der Waals surface area contributed by atoms with Crippen LogP contribution in [0.1, 0.15) is 25.8 Å². The van der Waals surface area contributed by atoms with Gasteiger partial charge in [-0.05, 0) is 17.9 Å². The summed E-state index contributed by atoms with van der Waals surface area (Å²) in [6.45, 7) is 3.76. The lowest BCUT2D eigenvalue weighted by Crippen LogP contribution is -2.36. The Morgan fingerprint density at radius 2 is 1.62 bits per heavy atom. The maximum Gasteiger partial charge on any atom is 0.320 e. The molecule has 6 nitrogen and oxygen atoms in total. The second kappa shape index (κ2) is 9.90. The third kappa shape index (κ3) is 8.06. The van der Waals surface area contributed by atoms with Gasteiger partial charge in [0.25, 0.3) is 0 Å². The van der Waals surface area contributed by atoms with Gasteiger partial charge in [-0.1, -0.05) is 50.6 Å². The molecule has 0 aliphatic heterocycles. The summed E-state index contributed by atoms with van der Waals surface area (Å²) in [6, 6.07) is 7.84. The van der Waals surface area contributed by atoms with E-state index in [9.17, 15) is 9.59 Å². The number of hydrogen-bond donors (Lipinski definition) is 4. The standard InChI is InChI=1S/C9H11NO2.C6H13NO2/c10-8(9(11)12)6-7-4-2-1-3-5-7;1-3-4(2)5(7)6(8)9/h1-5,8H,6,10H2,(H,11,12);4-5H,3,7H2,1-2H3,(H,8,9)/t8-;4?,5-/m00/s1. The molecule has 0 spiro atoms. The van der Waals surface area contributed by atoms with Gasteiger partial charge in [0, 0.05) is 0 Å². The fourth-order valence-corrected chi connectivity index (χ4v) is 1.45. The van der Waals surface area contributed by atoms with Crippen LogP contribution in [0.4, 0.5) is 0 Å². The summed E-state index contributed by atoms with van der Waals surface area (Å²) in [6.07, 6.45) is 1.20.